The normalized spacial score (nSPS) is 32.3. The fourth-order valence-corrected chi connectivity index (χ4v) is 1.65. The average Bonchev–Trinajstić information content (AvgIpc) is 2.15. The van der Waals surface area contributed by atoms with Gasteiger partial charge in [-0.3, -0.25) is 4.79 Å². The van der Waals surface area contributed by atoms with Crippen molar-refractivity contribution < 1.29 is 14.6 Å². The van der Waals surface area contributed by atoms with E-state index in [1.54, 1.807) is 0 Å². The quantitative estimate of drug-likeness (QED) is 0.494. The minimum Gasteiger partial charge on any atom is -0.462 e. The highest BCUT2D eigenvalue weighted by molar-refractivity contribution is 5.69. The predicted octanol–water partition coefficient (Wildman–Crippen LogP) is 2.19. The van der Waals surface area contributed by atoms with Gasteiger partial charge in [0.25, 0.3) is 0 Å². The van der Waals surface area contributed by atoms with Crippen LogP contribution in [0, 0.1) is 0 Å². The standard InChI is InChI=1S/C12H20O3/c1-10-6-3-2-4-7-11(13)8-5-9-12(14)15-10/h2-3,10-11,13H,4-9H2,1H3/b3-2+/t10-,11+/m1/s1. The first-order valence-electron chi connectivity index (χ1n) is 5.71. The van der Waals surface area contributed by atoms with Crippen molar-refractivity contribution in [2.45, 2.75) is 57.7 Å². The van der Waals surface area contributed by atoms with Crippen LogP contribution in [0.15, 0.2) is 12.2 Å². The van der Waals surface area contributed by atoms with E-state index in [1.807, 2.05) is 13.0 Å². The molecule has 1 N–H and O–H groups in total. The molecule has 3 nitrogen and oxygen atoms in total. The van der Waals surface area contributed by atoms with E-state index in [4.69, 9.17) is 4.74 Å². The summed E-state index contributed by atoms with van der Waals surface area (Å²) in [5.41, 5.74) is 0. The lowest BCUT2D eigenvalue weighted by Crippen LogP contribution is -2.15. The van der Waals surface area contributed by atoms with Crippen LogP contribution in [0.25, 0.3) is 0 Å². The van der Waals surface area contributed by atoms with Crippen molar-refractivity contribution in [2.24, 2.45) is 0 Å². The summed E-state index contributed by atoms with van der Waals surface area (Å²) < 4.78 is 5.19. The van der Waals surface area contributed by atoms with Crippen LogP contribution in [0.2, 0.25) is 0 Å². The molecule has 0 saturated heterocycles. The van der Waals surface area contributed by atoms with E-state index >= 15 is 0 Å². The Morgan fingerprint density at radius 1 is 1.40 bits per heavy atom. The molecule has 1 heterocycles. The Bertz CT molecular complexity index is 223. The SMILES string of the molecule is C[C@@H]1C/C=C/CC[C@H](O)CCCC(=O)O1. The van der Waals surface area contributed by atoms with Crippen LogP contribution in [0.1, 0.15) is 45.4 Å². The van der Waals surface area contributed by atoms with Crippen LogP contribution in [-0.2, 0) is 9.53 Å². The summed E-state index contributed by atoms with van der Waals surface area (Å²) in [5, 5.41) is 9.55. The highest BCUT2D eigenvalue weighted by atomic mass is 16.5. The summed E-state index contributed by atoms with van der Waals surface area (Å²) in [6.45, 7) is 1.91. The van der Waals surface area contributed by atoms with E-state index < -0.39 is 0 Å². The lowest BCUT2D eigenvalue weighted by atomic mass is 10.1. The Balaban J connectivity index is 2.44. The zero-order valence-electron chi connectivity index (χ0n) is 9.32. The second kappa shape index (κ2) is 6.62. The third-order valence-corrected chi connectivity index (χ3v) is 2.55. The lowest BCUT2D eigenvalue weighted by molar-refractivity contribution is -0.148. The molecule has 0 bridgehead atoms. The number of aliphatic hydroxyl groups excluding tert-OH is 1. The molecule has 0 aliphatic carbocycles. The Kier molecular flexibility index (Phi) is 5.40. The van der Waals surface area contributed by atoms with E-state index in [-0.39, 0.29) is 18.2 Å². The van der Waals surface area contributed by atoms with Crippen molar-refractivity contribution in [3.8, 4) is 0 Å². The second-order valence-corrected chi connectivity index (χ2v) is 4.13. The van der Waals surface area contributed by atoms with E-state index in [9.17, 15) is 9.90 Å². The van der Waals surface area contributed by atoms with E-state index in [2.05, 4.69) is 6.08 Å². The number of hydrogen-bond acceptors (Lipinski definition) is 3. The van der Waals surface area contributed by atoms with Crippen LogP contribution in [0.4, 0.5) is 0 Å². The third kappa shape index (κ3) is 5.57. The molecule has 86 valence electrons. The van der Waals surface area contributed by atoms with Crippen LogP contribution < -0.4 is 0 Å². The van der Waals surface area contributed by atoms with E-state index in [1.165, 1.54) is 0 Å². The minimum atomic E-state index is -0.278. The molecule has 0 radical (unpaired) electrons. The van der Waals surface area contributed by atoms with Gasteiger partial charge >= 0.3 is 5.97 Å². The first-order valence-corrected chi connectivity index (χ1v) is 5.71. The van der Waals surface area contributed by atoms with E-state index in [0.717, 1.165) is 25.7 Å². The van der Waals surface area contributed by atoms with Crippen molar-refractivity contribution in [3.63, 3.8) is 0 Å². The molecule has 0 fully saturated rings. The summed E-state index contributed by atoms with van der Waals surface area (Å²) in [7, 11) is 0. The van der Waals surface area contributed by atoms with Crippen LogP contribution >= 0.6 is 0 Å². The number of carbonyl (C=O) groups excluding carboxylic acids is 1. The van der Waals surface area contributed by atoms with Crippen molar-refractivity contribution in [1.82, 2.24) is 0 Å². The summed E-state index contributed by atoms with van der Waals surface area (Å²) in [6, 6.07) is 0. The van der Waals surface area contributed by atoms with Crippen molar-refractivity contribution in [3.05, 3.63) is 12.2 Å². The molecule has 2 atom stereocenters. The van der Waals surface area contributed by atoms with Gasteiger partial charge < -0.3 is 9.84 Å². The molecule has 15 heavy (non-hydrogen) atoms. The first-order chi connectivity index (χ1) is 7.18. The monoisotopic (exact) mass is 212 g/mol. The molecule has 1 rings (SSSR count). The van der Waals surface area contributed by atoms with Gasteiger partial charge in [-0.2, -0.15) is 0 Å². The lowest BCUT2D eigenvalue weighted by Gasteiger charge is -2.13. The summed E-state index contributed by atoms with van der Waals surface area (Å²) in [5.74, 6) is -0.149. The molecule has 1 aliphatic heterocycles. The predicted molar refractivity (Wildman–Crippen MR) is 58.4 cm³/mol. The van der Waals surface area contributed by atoms with Gasteiger partial charge in [0, 0.05) is 12.8 Å². The summed E-state index contributed by atoms with van der Waals surface area (Å²) in [6.07, 6.45) is 8.06. The molecule has 0 saturated carbocycles. The number of esters is 1. The number of cyclic esters (lactones) is 1. The zero-order chi connectivity index (χ0) is 11.1. The fraction of sp³-hybridized carbons (Fsp3) is 0.750. The zero-order valence-corrected chi connectivity index (χ0v) is 9.32. The maximum Gasteiger partial charge on any atom is 0.306 e. The van der Waals surface area contributed by atoms with Crippen molar-refractivity contribution in [1.29, 1.82) is 0 Å². The second-order valence-electron chi connectivity index (χ2n) is 4.13. The molecule has 0 amide bonds. The molecular weight excluding hydrogens is 192 g/mol. The number of hydrogen-bond donors (Lipinski definition) is 1. The van der Waals surface area contributed by atoms with Gasteiger partial charge in [-0.05, 0) is 32.6 Å². The largest absolute Gasteiger partial charge is 0.462 e. The Morgan fingerprint density at radius 2 is 2.20 bits per heavy atom. The Labute approximate surface area is 91.1 Å². The van der Waals surface area contributed by atoms with Gasteiger partial charge in [0.1, 0.15) is 6.10 Å². The summed E-state index contributed by atoms with van der Waals surface area (Å²) >= 11 is 0. The highest BCUT2D eigenvalue weighted by Gasteiger charge is 2.10. The topological polar surface area (TPSA) is 46.5 Å². The molecule has 0 aromatic carbocycles. The van der Waals surface area contributed by atoms with Crippen molar-refractivity contribution in [2.75, 3.05) is 0 Å². The van der Waals surface area contributed by atoms with Gasteiger partial charge in [0.15, 0.2) is 0 Å². The van der Waals surface area contributed by atoms with Gasteiger partial charge in [-0.15, -0.1) is 0 Å². The van der Waals surface area contributed by atoms with Gasteiger partial charge in [0.2, 0.25) is 0 Å². The smallest absolute Gasteiger partial charge is 0.306 e. The number of ether oxygens (including phenoxy) is 1. The first kappa shape index (κ1) is 12.2. The molecule has 1 aliphatic rings. The average molecular weight is 212 g/mol. The third-order valence-electron chi connectivity index (χ3n) is 2.55. The maximum atomic E-state index is 11.3. The molecule has 0 aromatic heterocycles. The fourth-order valence-electron chi connectivity index (χ4n) is 1.65. The van der Waals surface area contributed by atoms with Gasteiger partial charge in [-0.1, -0.05) is 12.2 Å². The Morgan fingerprint density at radius 3 is 3.00 bits per heavy atom. The van der Waals surface area contributed by atoms with Crippen LogP contribution in [0.5, 0.6) is 0 Å². The summed E-state index contributed by atoms with van der Waals surface area (Å²) in [4.78, 5) is 11.3. The molecule has 0 unspecified atom stereocenters. The molecule has 0 aromatic rings. The number of rotatable bonds is 0. The Hall–Kier alpha value is -0.830. The number of carbonyl (C=O) groups is 1. The molecule has 0 spiro atoms. The van der Waals surface area contributed by atoms with Crippen LogP contribution in [-0.4, -0.2) is 23.3 Å². The number of aliphatic hydroxyl groups is 1. The van der Waals surface area contributed by atoms with Crippen molar-refractivity contribution >= 4 is 5.97 Å². The van der Waals surface area contributed by atoms with Crippen LogP contribution in [0.3, 0.4) is 0 Å². The van der Waals surface area contributed by atoms with Gasteiger partial charge in [-0.25, -0.2) is 0 Å². The van der Waals surface area contributed by atoms with Gasteiger partial charge in [0.05, 0.1) is 6.10 Å². The number of allylic oxidation sites excluding steroid dienone is 1. The maximum absolute atomic E-state index is 11.3. The highest BCUT2D eigenvalue weighted by Crippen LogP contribution is 2.11. The van der Waals surface area contributed by atoms with E-state index in [0.29, 0.717) is 12.8 Å². The minimum absolute atomic E-state index is 0.0295. The molecule has 3 heteroatoms. The molecular formula is C12H20O3.